The Morgan fingerprint density at radius 3 is 2.60 bits per heavy atom. The van der Waals surface area contributed by atoms with Crippen LogP contribution in [0.5, 0.6) is 0 Å². The average Bonchev–Trinajstić information content (AvgIpc) is 2.95. The van der Waals surface area contributed by atoms with Gasteiger partial charge in [0.05, 0.1) is 5.02 Å². The molecule has 0 bridgehead atoms. The van der Waals surface area contributed by atoms with Gasteiger partial charge in [0.2, 0.25) is 0 Å². The Balaban J connectivity index is 2.21. The van der Waals surface area contributed by atoms with E-state index in [-0.39, 0.29) is 11.1 Å². The minimum Gasteiger partial charge on any atom is -0.307 e. The SMILES string of the molecule is C[C@@H](NC1CC1)c1cc(F)c(Cl)cc1Cl. The zero-order chi connectivity index (χ0) is 11.0. The summed E-state index contributed by atoms with van der Waals surface area (Å²) in [6.45, 7) is 1.98. The van der Waals surface area contributed by atoms with Crippen LogP contribution in [0.15, 0.2) is 12.1 Å². The predicted octanol–water partition coefficient (Wildman–Crippen LogP) is 3.95. The number of hydrogen-bond donors (Lipinski definition) is 1. The lowest BCUT2D eigenvalue weighted by molar-refractivity contribution is 0.562. The van der Waals surface area contributed by atoms with Crippen molar-refractivity contribution in [1.29, 1.82) is 0 Å². The highest BCUT2D eigenvalue weighted by Gasteiger charge is 2.24. The van der Waals surface area contributed by atoms with Crippen molar-refractivity contribution >= 4 is 23.2 Å². The molecule has 0 aliphatic heterocycles. The molecule has 1 N–H and O–H groups in total. The summed E-state index contributed by atoms with van der Waals surface area (Å²) in [5.41, 5.74) is 0.769. The van der Waals surface area contributed by atoms with Gasteiger partial charge in [-0.05, 0) is 37.5 Å². The number of benzene rings is 1. The standard InChI is InChI=1S/C11H12Cl2FN/c1-6(15-7-2-3-7)8-4-11(14)10(13)5-9(8)12/h4-7,15H,2-3H2,1H3/t6-/m1/s1. The first kappa shape index (κ1) is 11.2. The molecule has 1 aliphatic carbocycles. The Morgan fingerprint density at radius 1 is 1.33 bits per heavy atom. The molecule has 0 aromatic heterocycles. The summed E-state index contributed by atoms with van der Waals surface area (Å²) in [6.07, 6.45) is 2.38. The number of nitrogens with one attached hydrogen (secondary N) is 1. The van der Waals surface area contributed by atoms with E-state index >= 15 is 0 Å². The summed E-state index contributed by atoms with van der Waals surface area (Å²) in [6, 6.07) is 3.50. The Morgan fingerprint density at radius 2 is 2.00 bits per heavy atom. The van der Waals surface area contributed by atoms with E-state index in [0.29, 0.717) is 11.1 Å². The average molecular weight is 248 g/mol. The number of halogens is 3. The summed E-state index contributed by atoms with van der Waals surface area (Å²) < 4.78 is 13.3. The van der Waals surface area contributed by atoms with Crippen molar-refractivity contribution in [2.24, 2.45) is 0 Å². The zero-order valence-corrected chi connectivity index (χ0v) is 9.87. The lowest BCUT2D eigenvalue weighted by atomic mass is 10.1. The van der Waals surface area contributed by atoms with Crippen molar-refractivity contribution in [3.05, 3.63) is 33.6 Å². The molecule has 1 aromatic carbocycles. The molecule has 0 heterocycles. The first-order valence-electron chi connectivity index (χ1n) is 4.98. The molecule has 1 atom stereocenters. The van der Waals surface area contributed by atoms with E-state index < -0.39 is 5.82 Å². The highest BCUT2D eigenvalue weighted by Crippen LogP contribution is 2.31. The molecular formula is C11H12Cl2FN. The Hall–Kier alpha value is -0.310. The second-order valence-corrected chi connectivity index (χ2v) is 4.76. The first-order valence-corrected chi connectivity index (χ1v) is 5.74. The van der Waals surface area contributed by atoms with Gasteiger partial charge in [0.1, 0.15) is 5.82 Å². The van der Waals surface area contributed by atoms with Crippen molar-refractivity contribution in [3.63, 3.8) is 0 Å². The molecule has 15 heavy (non-hydrogen) atoms. The molecule has 1 aliphatic rings. The highest BCUT2D eigenvalue weighted by atomic mass is 35.5. The van der Waals surface area contributed by atoms with Gasteiger partial charge in [-0.25, -0.2) is 4.39 Å². The fourth-order valence-electron chi connectivity index (χ4n) is 1.56. The molecule has 0 radical (unpaired) electrons. The topological polar surface area (TPSA) is 12.0 Å². The van der Waals surface area contributed by atoms with Crippen LogP contribution in [0.3, 0.4) is 0 Å². The first-order chi connectivity index (χ1) is 7.08. The third-order valence-corrected chi connectivity index (χ3v) is 3.19. The van der Waals surface area contributed by atoms with E-state index in [2.05, 4.69) is 5.32 Å². The summed E-state index contributed by atoms with van der Waals surface area (Å²) in [4.78, 5) is 0. The third-order valence-electron chi connectivity index (χ3n) is 2.57. The maximum Gasteiger partial charge on any atom is 0.142 e. The van der Waals surface area contributed by atoms with Gasteiger partial charge < -0.3 is 5.32 Å². The maximum atomic E-state index is 13.3. The van der Waals surface area contributed by atoms with Gasteiger partial charge in [-0.15, -0.1) is 0 Å². The van der Waals surface area contributed by atoms with E-state index in [1.54, 1.807) is 0 Å². The van der Waals surface area contributed by atoms with Crippen molar-refractivity contribution in [1.82, 2.24) is 5.32 Å². The second-order valence-electron chi connectivity index (χ2n) is 3.95. The number of rotatable bonds is 3. The summed E-state index contributed by atoms with van der Waals surface area (Å²) in [7, 11) is 0. The van der Waals surface area contributed by atoms with Crippen LogP contribution in [-0.2, 0) is 0 Å². The Kier molecular flexibility index (Phi) is 3.19. The minimum absolute atomic E-state index is 0.0665. The molecule has 1 fully saturated rings. The second kappa shape index (κ2) is 4.28. The van der Waals surface area contributed by atoms with Crippen molar-refractivity contribution in [2.45, 2.75) is 31.8 Å². The summed E-state index contributed by atoms with van der Waals surface area (Å²) >= 11 is 11.6. The molecule has 1 saturated carbocycles. The molecule has 2 rings (SSSR count). The van der Waals surface area contributed by atoms with Crippen LogP contribution >= 0.6 is 23.2 Å². The maximum absolute atomic E-state index is 13.3. The van der Waals surface area contributed by atoms with Crippen LogP contribution in [0.4, 0.5) is 4.39 Å². The van der Waals surface area contributed by atoms with Crippen molar-refractivity contribution < 1.29 is 4.39 Å². The van der Waals surface area contributed by atoms with Crippen LogP contribution in [-0.4, -0.2) is 6.04 Å². The monoisotopic (exact) mass is 247 g/mol. The van der Waals surface area contributed by atoms with Gasteiger partial charge in [-0.1, -0.05) is 23.2 Å². The largest absolute Gasteiger partial charge is 0.307 e. The van der Waals surface area contributed by atoms with Gasteiger partial charge in [0, 0.05) is 17.1 Å². The molecule has 0 amide bonds. The van der Waals surface area contributed by atoms with Crippen LogP contribution < -0.4 is 5.32 Å². The molecule has 4 heteroatoms. The predicted molar refractivity (Wildman–Crippen MR) is 61.0 cm³/mol. The van der Waals surface area contributed by atoms with E-state index in [0.717, 1.165) is 5.56 Å². The molecule has 0 saturated heterocycles. The van der Waals surface area contributed by atoms with Gasteiger partial charge in [0.25, 0.3) is 0 Å². The van der Waals surface area contributed by atoms with Crippen molar-refractivity contribution in [2.75, 3.05) is 0 Å². The lowest BCUT2D eigenvalue weighted by Crippen LogP contribution is -2.21. The van der Waals surface area contributed by atoms with Gasteiger partial charge in [-0.2, -0.15) is 0 Å². The van der Waals surface area contributed by atoms with Crippen molar-refractivity contribution in [3.8, 4) is 0 Å². The highest BCUT2D eigenvalue weighted by molar-refractivity contribution is 6.35. The molecule has 0 spiro atoms. The Labute approximate surface area is 98.6 Å². The van der Waals surface area contributed by atoms with Crippen LogP contribution in [0.1, 0.15) is 31.4 Å². The quantitative estimate of drug-likeness (QED) is 0.798. The van der Waals surface area contributed by atoms with E-state index in [1.165, 1.54) is 25.0 Å². The smallest absolute Gasteiger partial charge is 0.142 e. The fourth-order valence-corrected chi connectivity index (χ4v) is 2.11. The molecule has 0 unspecified atom stereocenters. The zero-order valence-electron chi connectivity index (χ0n) is 8.36. The third kappa shape index (κ3) is 2.63. The number of hydrogen-bond acceptors (Lipinski definition) is 1. The van der Waals surface area contributed by atoms with Crippen LogP contribution in [0.25, 0.3) is 0 Å². The van der Waals surface area contributed by atoms with E-state index in [1.807, 2.05) is 6.92 Å². The minimum atomic E-state index is -0.416. The molecule has 1 nitrogen and oxygen atoms in total. The summed E-state index contributed by atoms with van der Waals surface area (Å²) in [5.74, 6) is -0.416. The normalized spacial score (nSPS) is 17.9. The van der Waals surface area contributed by atoms with E-state index in [9.17, 15) is 4.39 Å². The van der Waals surface area contributed by atoms with Crippen LogP contribution in [0, 0.1) is 5.82 Å². The molecular weight excluding hydrogens is 236 g/mol. The van der Waals surface area contributed by atoms with Gasteiger partial charge >= 0.3 is 0 Å². The Bertz CT molecular complexity index is 377. The van der Waals surface area contributed by atoms with Gasteiger partial charge in [0.15, 0.2) is 0 Å². The molecule has 1 aromatic rings. The van der Waals surface area contributed by atoms with Gasteiger partial charge in [-0.3, -0.25) is 0 Å². The fraction of sp³-hybridized carbons (Fsp3) is 0.455. The lowest BCUT2D eigenvalue weighted by Gasteiger charge is -2.15. The van der Waals surface area contributed by atoms with Crippen LogP contribution in [0.2, 0.25) is 10.0 Å². The molecule has 82 valence electrons. The van der Waals surface area contributed by atoms with E-state index in [4.69, 9.17) is 23.2 Å². The summed E-state index contributed by atoms with van der Waals surface area (Å²) in [5, 5.41) is 3.95.